The highest BCUT2D eigenvalue weighted by Gasteiger charge is 2.30. The van der Waals surface area contributed by atoms with Crippen molar-refractivity contribution in [2.24, 2.45) is 5.92 Å². The number of nitriles is 1. The zero-order valence-corrected chi connectivity index (χ0v) is 27.9. The lowest BCUT2D eigenvalue weighted by molar-refractivity contribution is -0.133. The van der Waals surface area contributed by atoms with Gasteiger partial charge in [0.05, 0.1) is 31.8 Å². The molecule has 10 heteroatoms. The second kappa shape index (κ2) is 13.0. The average Bonchev–Trinajstić information content (AvgIpc) is 3.85. The Hall–Kier alpha value is -4.82. The Labute approximate surface area is 280 Å². The molecule has 246 valence electrons. The number of oxazole rings is 2. The van der Waals surface area contributed by atoms with E-state index in [4.69, 9.17) is 23.9 Å². The predicted molar refractivity (Wildman–Crippen MR) is 182 cm³/mol. The number of benzene rings is 3. The van der Waals surface area contributed by atoms with Crippen LogP contribution in [0.15, 0.2) is 57.4 Å². The van der Waals surface area contributed by atoms with Crippen molar-refractivity contribution in [2.75, 3.05) is 39.8 Å². The van der Waals surface area contributed by atoms with Crippen LogP contribution in [0.4, 0.5) is 0 Å². The average molecular weight is 645 g/mol. The van der Waals surface area contributed by atoms with Gasteiger partial charge in [-0.25, -0.2) is 9.97 Å². The van der Waals surface area contributed by atoms with Gasteiger partial charge in [-0.3, -0.25) is 14.6 Å². The maximum absolute atomic E-state index is 12.7. The van der Waals surface area contributed by atoms with E-state index in [1.807, 2.05) is 37.4 Å². The number of carbonyl (C=O) groups is 1. The van der Waals surface area contributed by atoms with Crippen LogP contribution in [0.3, 0.4) is 0 Å². The molecule has 0 radical (unpaired) electrons. The maximum atomic E-state index is 12.7. The van der Waals surface area contributed by atoms with E-state index in [-0.39, 0.29) is 19.1 Å². The highest BCUT2D eigenvalue weighted by molar-refractivity contribution is 5.85. The molecular formula is C38H40N6O4. The second-order valence-corrected chi connectivity index (χ2v) is 13.3. The van der Waals surface area contributed by atoms with E-state index in [0.717, 1.165) is 64.3 Å². The van der Waals surface area contributed by atoms with Crippen LogP contribution in [-0.2, 0) is 24.4 Å². The van der Waals surface area contributed by atoms with E-state index in [9.17, 15) is 10.1 Å². The van der Waals surface area contributed by atoms with Crippen LogP contribution in [0, 0.1) is 31.1 Å². The van der Waals surface area contributed by atoms with E-state index in [1.165, 1.54) is 6.42 Å². The molecule has 3 aromatic carbocycles. The number of likely N-dealkylation sites (N-methyl/N-ethyl adjacent to an activating group) is 1. The lowest BCUT2D eigenvalue weighted by Gasteiger charge is -2.20. The number of hydrogen-bond donors (Lipinski definition) is 1. The molecule has 5 aromatic rings. The first-order chi connectivity index (χ1) is 23.2. The molecule has 0 unspecified atom stereocenters. The molecule has 1 amide bonds. The third-order valence-electron chi connectivity index (χ3n) is 9.70. The fourth-order valence-electron chi connectivity index (χ4n) is 7.04. The smallest absolute Gasteiger partial charge is 0.237 e. The number of carbonyl (C=O) groups excluding carboxylic acids is 1. The lowest BCUT2D eigenvalue weighted by atomic mass is 9.91. The lowest BCUT2D eigenvalue weighted by Crippen LogP contribution is -2.37. The van der Waals surface area contributed by atoms with Gasteiger partial charge in [0.25, 0.3) is 0 Å². The van der Waals surface area contributed by atoms with Crippen molar-refractivity contribution in [3.63, 3.8) is 0 Å². The van der Waals surface area contributed by atoms with Gasteiger partial charge in [-0.2, -0.15) is 5.26 Å². The summed E-state index contributed by atoms with van der Waals surface area (Å²) in [6, 6.07) is 18.5. The summed E-state index contributed by atoms with van der Waals surface area (Å²) in [5, 5.41) is 19.1. The molecule has 48 heavy (non-hydrogen) atoms. The molecular weight excluding hydrogens is 604 g/mol. The molecule has 0 aliphatic carbocycles. The number of aliphatic hydroxyl groups excluding tert-OH is 1. The second-order valence-electron chi connectivity index (χ2n) is 13.3. The van der Waals surface area contributed by atoms with Crippen molar-refractivity contribution in [1.82, 2.24) is 24.7 Å². The van der Waals surface area contributed by atoms with Crippen LogP contribution >= 0.6 is 0 Å². The van der Waals surface area contributed by atoms with Crippen molar-refractivity contribution in [3.05, 3.63) is 82.2 Å². The van der Waals surface area contributed by atoms with Crippen LogP contribution < -0.4 is 0 Å². The fourth-order valence-corrected chi connectivity index (χ4v) is 7.04. The molecule has 2 aromatic heterocycles. The first-order valence-electron chi connectivity index (χ1n) is 16.5. The number of aliphatic hydroxyl groups is 1. The number of likely N-dealkylation sites (tertiary alicyclic amines) is 1. The molecule has 2 aliphatic heterocycles. The Kier molecular flexibility index (Phi) is 8.60. The predicted octanol–water partition coefficient (Wildman–Crippen LogP) is 5.91. The molecule has 0 spiro atoms. The molecule has 1 fully saturated rings. The van der Waals surface area contributed by atoms with Crippen molar-refractivity contribution < 1.29 is 18.7 Å². The first-order valence-corrected chi connectivity index (χ1v) is 16.5. The summed E-state index contributed by atoms with van der Waals surface area (Å²) in [5.41, 5.74) is 9.48. The quantitative estimate of drug-likeness (QED) is 0.209. The highest BCUT2D eigenvalue weighted by atomic mass is 16.4. The number of hydrogen-bond acceptors (Lipinski definition) is 9. The first kappa shape index (κ1) is 31.8. The van der Waals surface area contributed by atoms with Gasteiger partial charge in [0, 0.05) is 30.8 Å². The van der Waals surface area contributed by atoms with Crippen molar-refractivity contribution in [2.45, 2.75) is 46.8 Å². The van der Waals surface area contributed by atoms with Gasteiger partial charge in [0.1, 0.15) is 23.0 Å². The van der Waals surface area contributed by atoms with E-state index in [0.29, 0.717) is 59.8 Å². The highest BCUT2D eigenvalue weighted by Crippen LogP contribution is 2.39. The van der Waals surface area contributed by atoms with Crippen molar-refractivity contribution >= 4 is 17.0 Å². The van der Waals surface area contributed by atoms with Crippen molar-refractivity contribution in [1.29, 1.82) is 5.26 Å². The molecule has 10 nitrogen and oxygen atoms in total. The summed E-state index contributed by atoms with van der Waals surface area (Å²) in [6.45, 7) is 10.8. The number of rotatable bonds is 9. The molecule has 0 saturated carbocycles. The van der Waals surface area contributed by atoms with Crippen molar-refractivity contribution in [3.8, 4) is 40.1 Å². The SMILES string of the molecule is Cc1c(-c2nc3c(o2)CN(C(=O)CN(C)CCO)C3)cccc1-c1cccc(-c2nc3cc(CN4CC[C@@H](C)C4)cc(C#N)c3o2)c1C. The number of aromatic nitrogens is 2. The van der Waals surface area contributed by atoms with Crippen LogP contribution in [0.25, 0.3) is 45.1 Å². The maximum Gasteiger partial charge on any atom is 0.237 e. The zero-order valence-electron chi connectivity index (χ0n) is 27.9. The molecule has 7 rings (SSSR count). The number of nitrogens with zero attached hydrogens (tertiary/aromatic N) is 6. The van der Waals surface area contributed by atoms with Gasteiger partial charge < -0.3 is 18.8 Å². The Morgan fingerprint density at radius 2 is 1.71 bits per heavy atom. The summed E-state index contributed by atoms with van der Waals surface area (Å²) < 4.78 is 12.5. The zero-order chi connectivity index (χ0) is 33.5. The summed E-state index contributed by atoms with van der Waals surface area (Å²) in [6.07, 6.45) is 1.20. The van der Waals surface area contributed by atoms with Gasteiger partial charge in [-0.05, 0) is 91.9 Å². The van der Waals surface area contributed by atoms with E-state index in [1.54, 1.807) is 9.80 Å². The normalized spacial score (nSPS) is 16.3. The number of amides is 1. The standard InChI is InChI=1S/C38H40N6O4/c1-23-11-12-43(18-23)19-26-15-27(17-39)36-32(16-26)40-38(48-36)31-10-6-8-29(25(31)3)28-7-5-9-30(24(28)2)37-41-33-20-44(21-34(33)47-37)35(46)22-42(4)13-14-45/h5-10,15-16,23,45H,11-14,18-22H2,1-4H3/t23-/m1/s1. The van der Waals surface area contributed by atoms with E-state index >= 15 is 0 Å². The monoisotopic (exact) mass is 644 g/mol. The molecule has 1 atom stereocenters. The largest absolute Gasteiger partial charge is 0.439 e. The topological polar surface area (TPSA) is 123 Å². The minimum absolute atomic E-state index is 0.0107. The number of fused-ring (bicyclic) bond motifs is 2. The molecule has 1 N–H and O–H groups in total. The minimum Gasteiger partial charge on any atom is -0.439 e. The fraction of sp³-hybridized carbons (Fsp3) is 0.368. The third-order valence-corrected chi connectivity index (χ3v) is 9.70. The van der Waals surface area contributed by atoms with Crippen LogP contribution in [0.5, 0.6) is 0 Å². The third kappa shape index (κ3) is 6.01. The van der Waals surface area contributed by atoms with Gasteiger partial charge >= 0.3 is 0 Å². The summed E-state index contributed by atoms with van der Waals surface area (Å²) >= 11 is 0. The van der Waals surface area contributed by atoms with Crippen LogP contribution in [0.1, 0.15) is 47.1 Å². The molecule has 2 aliphatic rings. The summed E-state index contributed by atoms with van der Waals surface area (Å²) in [7, 11) is 1.81. The Morgan fingerprint density at radius 3 is 2.33 bits per heavy atom. The molecule has 4 heterocycles. The van der Waals surface area contributed by atoms with Crippen LogP contribution in [-0.4, -0.2) is 75.5 Å². The van der Waals surface area contributed by atoms with Gasteiger partial charge in [-0.1, -0.05) is 31.2 Å². The Morgan fingerprint density at radius 1 is 1.02 bits per heavy atom. The van der Waals surface area contributed by atoms with E-state index in [2.05, 4.69) is 49.9 Å². The summed E-state index contributed by atoms with van der Waals surface area (Å²) in [4.78, 5) is 28.4. The van der Waals surface area contributed by atoms with Gasteiger partial charge in [0.2, 0.25) is 17.7 Å². The van der Waals surface area contributed by atoms with Gasteiger partial charge in [-0.15, -0.1) is 0 Å². The van der Waals surface area contributed by atoms with Crippen LogP contribution in [0.2, 0.25) is 0 Å². The summed E-state index contributed by atoms with van der Waals surface area (Å²) in [5.74, 6) is 2.41. The molecule has 0 bridgehead atoms. The van der Waals surface area contributed by atoms with Gasteiger partial charge in [0.15, 0.2) is 5.58 Å². The Bertz CT molecular complexity index is 2030. The molecule has 1 saturated heterocycles. The Balaban J connectivity index is 1.15. The minimum atomic E-state index is -0.0192. The van der Waals surface area contributed by atoms with E-state index < -0.39 is 0 Å².